The predicted octanol–water partition coefficient (Wildman–Crippen LogP) is 0.825. The molecule has 0 unspecified atom stereocenters. The van der Waals surface area contributed by atoms with E-state index in [9.17, 15) is 9.59 Å². The lowest BCUT2D eigenvalue weighted by Gasteiger charge is -2.23. The van der Waals surface area contributed by atoms with Crippen LogP contribution in [0.2, 0.25) is 0 Å². The van der Waals surface area contributed by atoms with Crippen molar-refractivity contribution in [2.45, 2.75) is 43.8 Å². The summed E-state index contributed by atoms with van der Waals surface area (Å²) in [5, 5.41) is 11.2. The number of aromatic nitrogens is 3. The van der Waals surface area contributed by atoms with Gasteiger partial charge in [-0.3, -0.25) is 9.59 Å². The monoisotopic (exact) mass is 398 g/mol. The molecule has 2 aliphatic rings. The molecule has 2 amide bonds. The number of carbonyl (C=O) groups is 2. The molecule has 29 heavy (non-hydrogen) atoms. The van der Waals surface area contributed by atoms with E-state index in [0.29, 0.717) is 36.7 Å². The van der Waals surface area contributed by atoms with E-state index in [2.05, 4.69) is 15.6 Å². The number of hydrogen-bond acceptors (Lipinski definition) is 6. The lowest BCUT2D eigenvalue weighted by Crippen LogP contribution is -2.44. The molecular formula is C20H26N6O3. The van der Waals surface area contributed by atoms with Crippen molar-refractivity contribution >= 4 is 11.8 Å². The number of nitrogens with zero attached hydrogens (tertiary/aromatic N) is 4. The number of benzene rings is 1. The number of carbonyl (C=O) groups excluding carboxylic acids is 2. The number of hydrogen-bond donors (Lipinski definition) is 2. The van der Waals surface area contributed by atoms with E-state index in [1.165, 1.54) is 0 Å². The summed E-state index contributed by atoms with van der Waals surface area (Å²) in [5.41, 5.74) is 8.00. The van der Waals surface area contributed by atoms with E-state index >= 15 is 0 Å². The number of amides is 2. The number of methoxy groups -OCH3 is 1. The lowest BCUT2D eigenvalue weighted by molar-refractivity contribution is -0.124. The van der Waals surface area contributed by atoms with E-state index < -0.39 is 6.04 Å². The summed E-state index contributed by atoms with van der Waals surface area (Å²) in [7, 11) is 3.13. The van der Waals surface area contributed by atoms with Crippen molar-refractivity contribution in [1.29, 1.82) is 0 Å². The van der Waals surface area contributed by atoms with Crippen molar-refractivity contribution in [3.8, 4) is 5.75 Å². The molecule has 1 saturated carbocycles. The Bertz CT molecular complexity index is 923. The van der Waals surface area contributed by atoms with Gasteiger partial charge in [-0.2, -0.15) is 0 Å². The maximum Gasteiger partial charge on any atom is 0.254 e. The Balaban J connectivity index is 1.59. The zero-order chi connectivity index (χ0) is 20.5. The van der Waals surface area contributed by atoms with Crippen molar-refractivity contribution < 1.29 is 14.3 Å². The van der Waals surface area contributed by atoms with Gasteiger partial charge in [-0.15, -0.1) is 5.10 Å². The number of rotatable bonds is 6. The third kappa shape index (κ3) is 3.69. The maximum atomic E-state index is 13.3. The molecule has 0 spiro atoms. The van der Waals surface area contributed by atoms with Crippen molar-refractivity contribution in [3.63, 3.8) is 0 Å². The molecule has 4 rings (SSSR count). The normalized spacial score (nSPS) is 21.3. The smallest absolute Gasteiger partial charge is 0.254 e. The van der Waals surface area contributed by atoms with Crippen LogP contribution in [0.4, 0.5) is 0 Å². The van der Waals surface area contributed by atoms with Gasteiger partial charge in [0.1, 0.15) is 11.8 Å². The quantitative estimate of drug-likeness (QED) is 0.745. The predicted molar refractivity (Wildman–Crippen MR) is 105 cm³/mol. The molecule has 3 N–H and O–H groups in total. The van der Waals surface area contributed by atoms with E-state index in [1.807, 2.05) is 6.20 Å². The van der Waals surface area contributed by atoms with Crippen LogP contribution in [-0.4, -0.2) is 58.5 Å². The highest BCUT2D eigenvalue weighted by Crippen LogP contribution is 2.39. The highest BCUT2D eigenvalue weighted by molar-refractivity contribution is 5.98. The van der Waals surface area contributed by atoms with Gasteiger partial charge < -0.3 is 20.7 Å². The van der Waals surface area contributed by atoms with Crippen LogP contribution in [0.5, 0.6) is 5.75 Å². The van der Waals surface area contributed by atoms with Crippen molar-refractivity contribution in [1.82, 2.24) is 25.2 Å². The molecule has 2 fully saturated rings. The van der Waals surface area contributed by atoms with Crippen molar-refractivity contribution in [2.24, 2.45) is 5.73 Å². The first kappa shape index (κ1) is 19.4. The Morgan fingerprint density at radius 2 is 2.14 bits per heavy atom. The SMILES string of the molecule is CNC(=O)[C@@H]1C[C@H](n2cc(C3CC3)nn2)CN1C(=O)c1ccc(CN)c(OC)c1. The molecule has 9 heteroatoms. The van der Waals surface area contributed by atoms with Crippen molar-refractivity contribution in [2.75, 3.05) is 20.7 Å². The van der Waals surface area contributed by atoms with Crippen LogP contribution in [0.1, 0.15) is 52.8 Å². The fraction of sp³-hybridized carbons (Fsp3) is 0.500. The van der Waals surface area contributed by atoms with E-state index in [4.69, 9.17) is 10.5 Å². The molecule has 9 nitrogen and oxygen atoms in total. The fourth-order valence-electron chi connectivity index (χ4n) is 3.89. The summed E-state index contributed by atoms with van der Waals surface area (Å²) in [6.07, 6.45) is 4.75. The first-order valence-corrected chi connectivity index (χ1v) is 9.87. The summed E-state index contributed by atoms with van der Waals surface area (Å²) >= 11 is 0. The zero-order valence-corrected chi connectivity index (χ0v) is 16.7. The van der Waals surface area contributed by atoms with Crippen LogP contribution in [0, 0.1) is 0 Å². The second-order valence-corrected chi connectivity index (χ2v) is 7.61. The molecule has 2 heterocycles. The van der Waals surface area contributed by atoms with Gasteiger partial charge in [-0.1, -0.05) is 11.3 Å². The standard InChI is InChI=1S/C20H26N6O3/c1-22-19(27)17-8-15(26-11-16(23-24-26)12-3-4-12)10-25(17)20(28)13-5-6-14(9-21)18(7-13)29-2/h5-7,11-12,15,17H,3-4,8-10,21H2,1-2H3,(H,22,27)/t15-,17-/m0/s1. The summed E-state index contributed by atoms with van der Waals surface area (Å²) in [6.45, 7) is 0.714. The van der Waals surface area contributed by atoms with Gasteiger partial charge in [-0.05, 0) is 25.0 Å². The van der Waals surface area contributed by atoms with Crippen molar-refractivity contribution in [3.05, 3.63) is 41.2 Å². The van der Waals surface area contributed by atoms with Gasteiger partial charge in [-0.25, -0.2) is 4.68 Å². The molecule has 1 aliphatic heterocycles. The van der Waals surface area contributed by atoms with E-state index in [1.54, 1.807) is 41.9 Å². The minimum Gasteiger partial charge on any atom is -0.496 e. The fourth-order valence-corrected chi connectivity index (χ4v) is 3.89. The summed E-state index contributed by atoms with van der Waals surface area (Å²) in [6, 6.07) is 4.53. The molecule has 1 saturated heterocycles. The molecule has 0 radical (unpaired) electrons. The summed E-state index contributed by atoms with van der Waals surface area (Å²) in [4.78, 5) is 27.4. The number of nitrogens with one attached hydrogen (secondary N) is 1. The van der Waals surface area contributed by atoms with Gasteiger partial charge in [0.15, 0.2) is 0 Å². The van der Waals surface area contributed by atoms with Crippen LogP contribution >= 0.6 is 0 Å². The van der Waals surface area contributed by atoms with Crippen LogP contribution in [0.15, 0.2) is 24.4 Å². The Morgan fingerprint density at radius 3 is 2.79 bits per heavy atom. The second-order valence-electron chi connectivity index (χ2n) is 7.61. The van der Waals surface area contributed by atoms with E-state index in [-0.39, 0.29) is 17.9 Å². The summed E-state index contributed by atoms with van der Waals surface area (Å²) in [5.74, 6) is 0.668. The number of likely N-dealkylation sites (N-methyl/N-ethyl adjacent to an activating group) is 1. The first-order chi connectivity index (χ1) is 14.0. The first-order valence-electron chi connectivity index (χ1n) is 9.87. The van der Waals surface area contributed by atoms with Crippen LogP contribution in [-0.2, 0) is 11.3 Å². The molecular weight excluding hydrogens is 372 g/mol. The third-order valence-electron chi connectivity index (χ3n) is 5.74. The number of nitrogens with two attached hydrogens (primary N) is 1. The Morgan fingerprint density at radius 1 is 1.34 bits per heavy atom. The van der Waals surface area contributed by atoms with Gasteiger partial charge in [0.2, 0.25) is 5.91 Å². The molecule has 154 valence electrons. The van der Waals surface area contributed by atoms with Gasteiger partial charge in [0.25, 0.3) is 5.91 Å². The second kappa shape index (κ2) is 7.82. The largest absolute Gasteiger partial charge is 0.496 e. The Kier molecular flexibility index (Phi) is 5.23. The third-order valence-corrected chi connectivity index (χ3v) is 5.74. The molecule has 2 aromatic rings. The summed E-state index contributed by atoms with van der Waals surface area (Å²) < 4.78 is 7.15. The molecule has 1 aliphatic carbocycles. The maximum absolute atomic E-state index is 13.3. The van der Waals surface area contributed by atoms with Gasteiger partial charge in [0, 0.05) is 49.8 Å². The lowest BCUT2D eigenvalue weighted by atomic mass is 10.1. The Labute approximate surface area is 169 Å². The highest BCUT2D eigenvalue weighted by atomic mass is 16.5. The number of ether oxygens (including phenoxy) is 1. The minimum absolute atomic E-state index is 0.0912. The Hall–Kier alpha value is -2.94. The van der Waals surface area contributed by atoms with Crippen LogP contribution in [0.3, 0.4) is 0 Å². The van der Waals surface area contributed by atoms with Crippen LogP contribution < -0.4 is 15.8 Å². The van der Waals surface area contributed by atoms with E-state index in [0.717, 1.165) is 24.1 Å². The minimum atomic E-state index is -0.564. The number of likely N-dealkylation sites (tertiary alicyclic amines) is 1. The topological polar surface area (TPSA) is 115 Å². The van der Waals surface area contributed by atoms with Crippen LogP contribution in [0.25, 0.3) is 0 Å². The van der Waals surface area contributed by atoms with Gasteiger partial charge in [0.05, 0.1) is 18.8 Å². The molecule has 0 bridgehead atoms. The highest BCUT2D eigenvalue weighted by Gasteiger charge is 2.41. The molecule has 2 atom stereocenters. The molecule has 1 aromatic carbocycles. The average Bonchev–Trinajstić information content (AvgIpc) is 3.32. The molecule has 1 aromatic heterocycles. The zero-order valence-electron chi connectivity index (χ0n) is 16.7. The average molecular weight is 398 g/mol. The van der Waals surface area contributed by atoms with Gasteiger partial charge >= 0.3 is 0 Å².